The van der Waals surface area contributed by atoms with Gasteiger partial charge in [0.25, 0.3) is 0 Å². The minimum atomic E-state index is 0. The maximum Gasteiger partial charge on any atom is 0.0650 e. The summed E-state index contributed by atoms with van der Waals surface area (Å²) in [6.07, 6.45) is 3.99. The van der Waals surface area contributed by atoms with Crippen LogP contribution in [0.25, 0.3) is 0 Å². The van der Waals surface area contributed by atoms with Gasteiger partial charge in [-0.25, -0.2) is 0 Å². The van der Waals surface area contributed by atoms with E-state index in [1.807, 2.05) is 0 Å². The summed E-state index contributed by atoms with van der Waals surface area (Å²) < 4.78 is 5.33. The van der Waals surface area contributed by atoms with E-state index in [4.69, 9.17) is 10.5 Å². The summed E-state index contributed by atoms with van der Waals surface area (Å²) in [7, 11) is 0. The highest BCUT2D eigenvalue weighted by Crippen LogP contribution is 2.36. The molecule has 0 radical (unpaired) electrons. The molecule has 2 rings (SSSR count). The fourth-order valence-corrected chi connectivity index (χ4v) is 1.66. The summed E-state index contributed by atoms with van der Waals surface area (Å²) in [5.74, 6) is 0. The number of ether oxygens (including phenoxy) is 1. The highest BCUT2D eigenvalue weighted by atomic mass is 35.5. The monoisotopic (exact) mass is 149 g/mol. The van der Waals surface area contributed by atoms with Crippen molar-refractivity contribution in [2.75, 3.05) is 6.61 Å². The molecule has 1 aliphatic carbocycles. The number of rotatable bonds is 0. The lowest BCUT2D eigenvalue weighted by atomic mass is 10.0. The molecule has 1 heterocycles. The highest BCUT2D eigenvalue weighted by Gasteiger charge is 2.42. The van der Waals surface area contributed by atoms with Crippen LogP contribution in [-0.2, 0) is 4.74 Å². The molecule has 2 aliphatic rings. The topological polar surface area (TPSA) is 35.2 Å². The van der Waals surface area contributed by atoms with Crippen LogP contribution < -0.4 is 5.73 Å². The zero-order valence-corrected chi connectivity index (χ0v) is 6.12. The number of hydrogen-bond acceptors (Lipinski definition) is 2. The van der Waals surface area contributed by atoms with Gasteiger partial charge in [0, 0.05) is 5.54 Å². The van der Waals surface area contributed by atoms with Crippen molar-refractivity contribution in [2.45, 2.75) is 30.9 Å². The molecule has 1 saturated heterocycles. The second-order valence-electron chi connectivity index (χ2n) is 3.04. The minimum absolute atomic E-state index is 0. The average molecular weight is 150 g/mol. The van der Waals surface area contributed by atoms with Crippen LogP contribution in [0.15, 0.2) is 0 Å². The lowest BCUT2D eigenvalue weighted by molar-refractivity contribution is 0.0713. The van der Waals surface area contributed by atoms with Crippen molar-refractivity contribution in [3.8, 4) is 0 Å². The lowest BCUT2D eigenvalue weighted by Crippen LogP contribution is -2.38. The summed E-state index contributed by atoms with van der Waals surface area (Å²) in [6, 6.07) is 0. The van der Waals surface area contributed by atoms with Crippen molar-refractivity contribution >= 4 is 12.4 Å². The third kappa shape index (κ3) is 1.07. The first kappa shape index (κ1) is 7.32. The van der Waals surface area contributed by atoms with Crippen molar-refractivity contribution in [1.29, 1.82) is 0 Å². The molecule has 0 aromatic carbocycles. The summed E-state index contributed by atoms with van der Waals surface area (Å²) in [6.45, 7) is 0.803. The Morgan fingerprint density at radius 3 is 2.44 bits per heavy atom. The Hall–Kier alpha value is 0.210. The number of halogens is 1. The standard InChI is InChI=1S/C6H11NO.ClH/c7-6-2-1-5(3-6)8-4-6;/h5H,1-4,7H2;1H. The van der Waals surface area contributed by atoms with Crippen LogP contribution in [0.4, 0.5) is 0 Å². The SMILES string of the molecule is Cl.NC12CCC(C1)OC2. The normalized spacial score (nSPS) is 47.0. The van der Waals surface area contributed by atoms with E-state index in [0.717, 1.165) is 13.0 Å². The van der Waals surface area contributed by atoms with Crippen LogP contribution in [0.3, 0.4) is 0 Å². The molecule has 2 unspecified atom stereocenters. The molecule has 1 saturated carbocycles. The lowest BCUT2D eigenvalue weighted by Gasteiger charge is -2.18. The van der Waals surface area contributed by atoms with Crippen LogP contribution in [0.1, 0.15) is 19.3 Å². The summed E-state index contributed by atoms with van der Waals surface area (Å²) in [5, 5.41) is 0. The molecule has 0 aromatic heterocycles. The molecule has 2 atom stereocenters. The first-order chi connectivity index (χ1) is 3.79. The molecule has 2 N–H and O–H groups in total. The van der Waals surface area contributed by atoms with Crippen molar-refractivity contribution in [2.24, 2.45) is 5.73 Å². The summed E-state index contributed by atoms with van der Waals surface area (Å²) in [5.41, 5.74) is 5.96. The van der Waals surface area contributed by atoms with E-state index in [1.54, 1.807) is 0 Å². The second-order valence-corrected chi connectivity index (χ2v) is 3.04. The molecule has 2 nitrogen and oxygen atoms in total. The number of hydrogen-bond donors (Lipinski definition) is 1. The molecule has 1 aliphatic heterocycles. The second kappa shape index (κ2) is 2.11. The van der Waals surface area contributed by atoms with Crippen molar-refractivity contribution in [3.63, 3.8) is 0 Å². The Bertz CT molecular complexity index is 110. The van der Waals surface area contributed by atoms with Gasteiger partial charge in [0.2, 0.25) is 0 Å². The van der Waals surface area contributed by atoms with E-state index in [9.17, 15) is 0 Å². The van der Waals surface area contributed by atoms with Gasteiger partial charge in [-0.3, -0.25) is 0 Å². The number of fused-ring (bicyclic) bond motifs is 2. The minimum Gasteiger partial charge on any atom is -0.376 e. The van der Waals surface area contributed by atoms with E-state index in [2.05, 4.69) is 0 Å². The van der Waals surface area contributed by atoms with Gasteiger partial charge in [-0.2, -0.15) is 0 Å². The largest absolute Gasteiger partial charge is 0.376 e. The summed E-state index contributed by atoms with van der Waals surface area (Å²) in [4.78, 5) is 0. The Morgan fingerprint density at radius 1 is 1.56 bits per heavy atom. The van der Waals surface area contributed by atoms with Crippen LogP contribution in [0.5, 0.6) is 0 Å². The molecular weight excluding hydrogens is 138 g/mol. The maximum atomic E-state index is 5.88. The third-order valence-corrected chi connectivity index (χ3v) is 2.20. The molecule has 0 spiro atoms. The Kier molecular flexibility index (Phi) is 1.72. The van der Waals surface area contributed by atoms with E-state index >= 15 is 0 Å². The molecule has 2 bridgehead atoms. The molecule has 2 fully saturated rings. The quantitative estimate of drug-likeness (QED) is 0.550. The van der Waals surface area contributed by atoms with Gasteiger partial charge in [0.05, 0.1) is 12.7 Å². The van der Waals surface area contributed by atoms with Crippen LogP contribution in [0.2, 0.25) is 0 Å². The van der Waals surface area contributed by atoms with Gasteiger partial charge in [-0.05, 0) is 19.3 Å². The smallest absolute Gasteiger partial charge is 0.0650 e. The Balaban J connectivity index is 0.000000405. The van der Waals surface area contributed by atoms with Crippen LogP contribution in [0, 0.1) is 0 Å². The van der Waals surface area contributed by atoms with Crippen LogP contribution >= 0.6 is 12.4 Å². The fraction of sp³-hybridized carbons (Fsp3) is 1.00. The van der Waals surface area contributed by atoms with Crippen molar-refractivity contribution in [1.82, 2.24) is 0 Å². The number of nitrogens with two attached hydrogens (primary N) is 1. The van der Waals surface area contributed by atoms with Gasteiger partial charge >= 0.3 is 0 Å². The van der Waals surface area contributed by atoms with Crippen LogP contribution in [-0.4, -0.2) is 18.2 Å². The van der Waals surface area contributed by atoms with Crippen molar-refractivity contribution in [3.05, 3.63) is 0 Å². The first-order valence-electron chi connectivity index (χ1n) is 3.19. The first-order valence-corrected chi connectivity index (χ1v) is 3.19. The van der Waals surface area contributed by atoms with Gasteiger partial charge in [-0.1, -0.05) is 0 Å². The van der Waals surface area contributed by atoms with Gasteiger partial charge < -0.3 is 10.5 Å². The zero-order chi connectivity index (χ0) is 5.61. The third-order valence-electron chi connectivity index (χ3n) is 2.20. The highest BCUT2D eigenvalue weighted by molar-refractivity contribution is 5.85. The average Bonchev–Trinajstić information content (AvgIpc) is 2.21. The predicted octanol–water partition coefficient (Wildman–Crippen LogP) is 0.688. The Morgan fingerprint density at radius 2 is 2.33 bits per heavy atom. The molecule has 3 heteroatoms. The van der Waals surface area contributed by atoms with E-state index in [1.165, 1.54) is 12.8 Å². The molecule has 54 valence electrons. The van der Waals surface area contributed by atoms with Gasteiger partial charge in [0.1, 0.15) is 0 Å². The van der Waals surface area contributed by atoms with E-state index < -0.39 is 0 Å². The fourth-order valence-electron chi connectivity index (χ4n) is 1.66. The predicted molar refractivity (Wildman–Crippen MR) is 37.8 cm³/mol. The maximum absolute atomic E-state index is 5.88. The summed E-state index contributed by atoms with van der Waals surface area (Å²) >= 11 is 0. The molecule has 9 heavy (non-hydrogen) atoms. The molecule has 0 aromatic rings. The molecular formula is C6H12ClNO. The van der Waals surface area contributed by atoms with Gasteiger partial charge in [0.15, 0.2) is 0 Å². The van der Waals surface area contributed by atoms with E-state index in [-0.39, 0.29) is 17.9 Å². The Labute approximate surface area is 61.2 Å². The van der Waals surface area contributed by atoms with E-state index in [0.29, 0.717) is 6.10 Å². The zero-order valence-electron chi connectivity index (χ0n) is 5.30. The molecule has 0 amide bonds. The van der Waals surface area contributed by atoms with Gasteiger partial charge in [-0.15, -0.1) is 12.4 Å². The van der Waals surface area contributed by atoms with Crippen molar-refractivity contribution < 1.29 is 4.74 Å².